The number of rotatable bonds is 5. The predicted octanol–water partition coefficient (Wildman–Crippen LogP) is 4.71. The number of hydrogen-bond donors (Lipinski definition) is 1. The van der Waals surface area contributed by atoms with E-state index in [9.17, 15) is 9.18 Å². The van der Waals surface area contributed by atoms with Gasteiger partial charge in [0.1, 0.15) is 17.3 Å². The molecule has 0 radical (unpaired) electrons. The highest BCUT2D eigenvalue weighted by Crippen LogP contribution is 2.27. The van der Waals surface area contributed by atoms with E-state index in [2.05, 4.69) is 10.2 Å². The van der Waals surface area contributed by atoms with Crippen LogP contribution < -0.4 is 15.0 Å². The zero-order valence-electron chi connectivity index (χ0n) is 15.8. The lowest BCUT2D eigenvalue weighted by Gasteiger charge is -2.30. The number of morpholine rings is 1. The molecule has 1 amide bonds. The summed E-state index contributed by atoms with van der Waals surface area (Å²) in [6.07, 6.45) is 0. The molecule has 6 heteroatoms. The number of benzene rings is 3. The van der Waals surface area contributed by atoms with Gasteiger partial charge < -0.3 is 19.7 Å². The van der Waals surface area contributed by atoms with Gasteiger partial charge in [-0.2, -0.15) is 0 Å². The Morgan fingerprint density at radius 3 is 2.21 bits per heavy atom. The lowest BCUT2D eigenvalue weighted by atomic mass is 10.1. The summed E-state index contributed by atoms with van der Waals surface area (Å²) in [5.41, 5.74) is 2.28. The van der Waals surface area contributed by atoms with E-state index in [0.29, 0.717) is 30.3 Å². The first-order chi connectivity index (χ1) is 14.2. The highest BCUT2D eigenvalue weighted by atomic mass is 19.1. The summed E-state index contributed by atoms with van der Waals surface area (Å²) < 4.78 is 24.1. The Bertz CT molecular complexity index is 968. The lowest BCUT2D eigenvalue weighted by molar-refractivity contribution is 0.102. The molecule has 5 nitrogen and oxygen atoms in total. The molecule has 3 aromatic carbocycles. The van der Waals surface area contributed by atoms with Gasteiger partial charge in [0.05, 0.1) is 24.6 Å². The normalized spacial score (nSPS) is 13.8. The van der Waals surface area contributed by atoms with Gasteiger partial charge in [-0.15, -0.1) is 0 Å². The zero-order chi connectivity index (χ0) is 20.1. The molecule has 0 aromatic heterocycles. The Morgan fingerprint density at radius 1 is 0.897 bits per heavy atom. The first-order valence-corrected chi connectivity index (χ1v) is 9.45. The average molecular weight is 392 g/mol. The van der Waals surface area contributed by atoms with Gasteiger partial charge in [-0.3, -0.25) is 4.79 Å². The fourth-order valence-corrected chi connectivity index (χ4v) is 3.17. The van der Waals surface area contributed by atoms with Gasteiger partial charge in [-0.05, 0) is 60.7 Å². The zero-order valence-corrected chi connectivity index (χ0v) is 15.8. The number of amides is 1. The summed E-state index contributed by atoms with van der Waals surface area (Å²) in [6, 6.07) is 20.4. The van der Waals surface area contributed by atoms with Crippen molar-refractivity contribution in [2.45, 2.75) is 0 Å². The van der Waals surface area contributed by atoms with E-state index in [1.54, 1.807) is 36.4 Å². The van der Waals surface area contributed by atoms with E-state index in [-0.39, 0.29) is 11.7 Å². The van der Waals surface area contributed by atoms with Crippen LogP contribution in [-0.4, -0.2) is 32.2 Å². The molecule has 1 saturated heterocycles. The molecule has 0 saturated carbocycles. The number of anilines is 2. The maximum Gasteiger partial charge on any atom is 0.255 e. The molecule has 0 bridgehead atoms. The van der Waals surface area contributed by atoms with Crippen molar-refractivity contribution in [3.8, 4) is 11.5 Å². The fraction of sp³-hybridized carbons (Fsp3) is 0.174. The Morgan fingerprint density at radius 2 is 1.52 bits per heavy atom. The van der Waals surface area contributed by atoms with Crippen LogP contribution in [-0.2, 0) is 4.74 Å². The number of hydrogen-bond acceptors (Lipinski definition) is 4. The van der Waals surface area contributed by atoms with Crippen molar-refractivity contribution in [2.24, 2.45) is 0 Å². The summed E-state index contributed by atoms with van der Waals surface area (Å²) in [5, 5.41) is 3.00. The van der Waals surface area contributed by atoms with E-state index >= 15 is 0 Å². The molecule has 1 N–H and O–H groups in total. The second kappa shape index (κ2) is 8.75. The van der Waals surface area contributed by atoms with Crippen LogP contribution in [0.4, 0.5) is 15.8 Å². The van der Waals surface area contributed by atoms with Crippen molar-refractivity contribution < 1.29 is 18.7 Å². The largest absolute Gasteiger partial charge is 0.457 e. The topological polar surface area (TPSA) is 50.8 Å². The molecular formula is C23H21FN2O3. The van der Waals surface area contributed by atoms with Gasteiger partial charge in [-0.1, -0.05) is 12.1 Å². The molecule has 3 aromatic rings. The molecule has 148 valence electrons. The van der Waals surface area contributed by atoms with Gasteiger partial charge in [0, 0.05) is 18.7 Å². The average Bonchev–Trinajstić information content (AvgIpc) is 2.77. The van der Waals surface area contributed by atoms with Gasteiger partial charge >= 0.3 is 0 Å². The summed E-state index contributed by atoms with van der Waals surface area (Å²) in [6.45, 7) is 2.94. The summed E-state index contributed by atoms with van der Waals surface area (Å²) >= 11 is 0. The third-order valence-corrected chi connectivity index (χ3v) is 4.67. The second-order valence-corrected chi connectivity index (χ2v) is 6.65. The fourth-order valence-electron chi connectivity index (χ4n) is 3.17. The first kappa shape index (κ1) is 19.0. The quantitative estimate of drug-likeness (QED) is 0.683. The van der Waals surface area contributed by atoms with E-state index in [1.807, 2.05) is 24.3 Å². The molecule has 1 fully saturated rings. The monoisotopic (exact) mass is 392 g/mol. The Kier molecular flexibility index (Phi) is 5.72. The molecule has 1 aliphatic rings. The Balaban J connectivity index is 1.44. The summed E-state index contributed by atoms with van der Waals surface area (Å²) in [4.78, 5) is 14.9. The van der Waals surface area contributed by atoms with Crippen molar-refractivity contribution in [1.29, 1.82) is 0 Å². The van der Waals surface area contributed by atoms with Gasteiger partial charge in [-0.25, -0.2) is 4.39 Å². The molecule has 1 heterocycles. The molecule has 4 rings (SSSR count). The standard InChI is InChI=1S/C23H21FN2O3/c24-18-7-11-20(12-8-18)29-19-9-5-17(6-10-19)23(27)25-21-3-1-2-4-22(21)26-13-15-28-16-14-26/h1-12H,13-16H2,(H,25,27). The van der Waals surface area contributed by atoms with Crippen LogP contribution in [0.5, 0.6) is 11.5 Å². The van der Waals surface area contributed by atoms with Crippen LogP contribution >= 0.6 is 0 Å². The summed E-state index contributed by atoms with van der Waals surface area (Å²) in [5.74, 6) is 0.589. The lowest BCUT2D eigenvalue weighted by Crippen LogP contribution is -2.36. The highest BCUT2D eigenvalue weighted by molar-refractivity contribution is 6.06. The van der Waals surface area contributed by atoms with Crippen LogP contribution in [0.25, 0.3) is 0 Å². The number of carbonyl (C=O) groups excluding carboxylic acids is 1. The molecule has 0 aliphatic carbocycles. The number of halogens is 1. The van der Waals surface area contributed by atoms with Crippen LogP contribution in [0, 0.1) is 5.82 Å². The van der Waals surface area contributed by atoms with Crippen LogP contribution in [0.3, 0.4) is 0 Å². The van der Waals surface area contributed by atoms with Crippen LogP contribution in [0.15, 0.2) is 72.8 Å². The molecule has 0 atom stereocenters. The molecule has 0 spiro atoms. The molecule has 1 aliphatic heterocycles. The number of ether oxygens (including phenoxy) is 2. The van der Waals surface area contributed by atoms with Crippen molar-refractivity contribution in [2.75, 3.05) is 36.5 Å². The third-order valence-electron chi connectivity index (χ3n) is 4.67. The second-order valence-electron chi connectivity index (χ2n) is 6.65. The molecule has 29 heavy (non-hydrogen) atoms. The Hall–Kier alpha value is -3.38. The van der Waals surface area contributed by atoms with Crippen LogP contribution in [0.2, 0.25) is 0 Å². The molecular weight excluding hydrogens is 371 g/mol. The SMILES string of the molecule is O=C(Nc1ccccc1N1CCOCC1)c1ccc(Oc2ccc(F)cc2)cc1. The Labute approximate surface area is 168 Å². The smallest absolute Gasteiger partial charge is 0.255 e. The van der Waals surface area contributed by atoms with Crippen molar-refractivity contribution in [1.82, 2.24) is 0 Å². The third kappa shape index (κ3) is 4.73. The number of nitrogens with one attached hydrogen (secondary N) is 1. The predicted molar refractivity (Wildman–Crippen MR) is 110 cm³/mol. The number of para-hydroxylation sites is 2. The maximum absolute atomic E-state index is 13.0. The van der Waals surface area contributed by atoms with Crippen LogP contribution in [0.1, 0.15) is 10.4 Å². The minimum absolute atomic E-state index is 0.195. The van der Waals surface area contributed by atoms with Crippen molar-refractivity contribution in [3.05, 3.63) is 84.2 Å². The molecule has 0 unspecified atom stereocenters. The first-order valence-electron chi connectivity index (χ1n) is 9.45. The van der Waals surface area contributed by atoms with E-state index in [1.165, 1.54) is 12.1 Å². The van der Waals surface area contributed by atoms with Gasteiger partial charge in [0.25, 0.3) is 5.91 Å². The van der Waals surface area contributed by atoms with E-state index in [0.717, 1.165) is 24.5 Å². The van der Waals surface area contributed by atoms with Gasteiger partial charge in [0.15, 0.2) is 0 Å². The highest BCUT2D eigenvalue weighted by Gasteiger charge is 2.16. The van der Waals surface area contributed by atoms with E-state index in [4.69, 9.17) is 9.47 Å². The number of carbonyl (C=O) groups is 1. The van der Waals surface area contributed by atoms with E-state index < -0.39 is 0 Å². The minimum Gasteiger partial charge on any atom is -0.457 e. The van der Waals surface area contributed by atoms with Crippen molar-refractivity contribution >= 4 is 17.3 Å². The van der Waals surface area contributed by atoms with Gasteiger partial charge in [0.2, 0.25) is 0 Å². The maximum atomic E-state index is 13.0. The minimum atomic E-state index is -0.318. The number of nitrogens with zero attached hydrogens (tertiary/aromatic N) is 1. The summed E-state index contributed by atoms with van der Waals surface area (Å²) in [7, 11) is 0. The van der Waals surface area contributed by atoms with Crippen molar-refractivity contribution in [3.63, 3.8) is 0 Å².